The number of hydrogen-bond donors (Lipinski definition) is 2. The van der Waals surface area contributed by atoms with Gasteiger partial charge in [-0.05, 0) is 59.5 Å². The average molecular weight is 318 g/mol. The maximum absolute atomic E-state index is 12.2. The lowest BCUT2D eigenvalue weighted by Gasteiger charge is -2.07. The fourth-order valence-corrected chi connectivity index (χ4v) is 2.49. The van der Waals surface area contributed by atoms with E-state index in [1.165, 1.54) is 0 Å². The van der Waals surface area contributed by atoms with Gasteiger partial charge in [-0.15, -0.1) is 0 Å². The van der Waals surface area contributed by atoms with Crippen molar-refractivity contribution in [2.45, 2.75) is 6.42 Å². The number of aromatic nitrogens is 1. The number of carbonyl (C=O) groups is 1. The van der Waals surface area contributed by atoms with Gasteiger partial charge in [0.2, 0.25) is 0 Å². The van der Waals surface area contributed by atoms with Crippen LogP contribution in [0, 0.1) is 0 Å². The molecule has 3 aromatic rings. The third-order valence-electron chi connectivity index (χ3n) is 3.77. The molecule has 0 unspecified atom stereocenters. The third kappa shape index (κ3) is 3.98. The largest absolute Gasteiger partial charge is 0.508 e. The van der Waals surface area contributed by atoms with E-state index >= 15 is 0 Å². The van der Waals surface area contributed by atoms with Crippen molar-refractivity contribution in [1.29, 1.82) is 0 Å². The molecule has 4 heteroatoms. The first-order chi connectivity index (χ1) is 11.7. The molecule has 0 radical (unpaired) electrons. The van der Waals surface area contributed by atoms with Crippen LogP contribution in [-0.4, -0.2) is 22.5 Å². The lowest BCUT2D eigenvalue weighted by molar-refractivity contribution is 0.0954. The number of phenolic OH excluding ortho intramolecular Hbond substituents is 1. The molecule has 0 aliphatic heterocycles. The van der Waals surface area contributed by atoms with Gasteiger partial charge < -0.3 is 10.4 Å². The maximum atomic E-state index is 12.2. The van der Waals surface area contributed by atoms with E-state index in [1.54, 1.807) is 30.6 Å². The predicted molar refractivity (Wildman–Crippen MR) is 93.8 cm³/mol. The Bertz CT molecular complexity index is 815. The summed E-state index contributed by atoms with van der Waals surface area (Å²) in [6, 6.07) is 18.4. The number of nitrogens with one attached hydrogen (secondary N) is 1. The van der Waals surface area contributed by atoms with Gasteiger partial charge in [0.25, 0.3) is 5.91 Å². The predicted octanol–water partition coefficient (Wildman–Crippen LogP) is 3.43. The number of pyridine rings is 1. The van der Waals surface area contributed by atoms with Crippen molar-refractivity contribution in [1.82, 2.24) is 10.3 Å². The number of phenols is 1. The van der Waals surface area contributed by atoms with Crippen LogP contribution in [0.1, 0.15) is 15.9 Å². The van der Waals surface area contributed by atoms with Crippen LogP contribution in [0.4, 0.5) is 0 Å². The van der Waals surface area contributed by atoms with Crippen molar-refractivity contribution in [2.75, 3.05) is 6.54 Å². The molecule has 120 valence electrons. The summed E-state index contributed by atoms with van der Waals surface area (Å²) in [7, 11) is 0. The summed E-state index contributed by atoms with van der Waals surface area (Å²) >= 11 is 0. The third-order valence-corrected chi connectivity index (χ3v) is 3.77. The molecule has 4 nitrogen and oxygen atoms in total. The van der Waals surface area contributed by atoms with E-state index < -0.39 is 0 Å². The molecule has 3 rings (SSSR count). The Labute approximate surface area is 140 Å². The molecule has 1 aromatic heterocycles. The Balaban J connectivity index is 1.57. The Morgan fingerprint density at radius 2 is 1.67 bits per heavy atom. The first kappa shape index (κ1) is 15.7. The monoisotopic (exact) mass is 318 g/mol. The summed E-state index contributed by atoms with van der Waals surface area (Å²) in [6.45, 7) is 0.522. The number of amides is 1. The molecule has 0 fully saturated rings. The van der Waals surface area contributed by atoms with Crippen molar-refractivity contribution in [3.8, 4) is 16.9 Å². The molecule has 0 saturated heterocycles. The van der Waals surface area contributed by atoms with Crippen molar-refractivity contribution >= 4 is 5.91 Å². The van der Waals surface area contributed by atoms with Crippen LogP contribution in [-0.2, 0) is 6.42 Å². The molecule has 0 saturated carbocycles. The molecule has 2 N–H and O–H groups in total. The van der Waals surface area contributed by atoms with Crippen LogP contribution in [0.5, 0.6) is 5.75 Å². The first-order valence-electron chi connectivity index (χ1n) is 7.79. The molecule has 0 spiro atoms. The molecular weight excluding hydrogens is 300 g/mol. The van der Waals surface area contributed by atoms with E-state index in [0.29, 0.717) is 18.5 Å². The van der Waals surface area contributed by atoms with Gasteiger partial charge in [0.15, 0.2) is 0 Å². The number of nitrogens with zero attached hydrogens (tertiary/aromatic N) is 1. The van der Waals surface area contributed by atoms with E-state index in [1.807, 2.05) is 42.5 Å². The highest BCUT2D eigenvalue weighted by Crippen LogP contribution is 2.18. The maximum Gasteiger partial charge on any atom is 0.251 e. The normalized spacial score (nSPS) is 10.3. The quantitative estimate of drug-likeness (QED) is 0.757. The summed E-state index contributed by atoms with van der Waals surface area (Å²) in [5, 5.41) is 12.3. The lowest BCUT2D eigenvalue weighted by atomic mass is 10.0. The van der Waals surface area contributed by atoms with Gasteiger partial charge in [0.05, 0.1) is 0 Å². The Morgan fingerprint density at radius 1 is 0.958 bits per heavy atom. The summed E-state index contributed by atoms with van der Waals surface area (Å²) in [5.74, 6) is 0.141. The minimum Gasteiger partial charge on any atom is -0.508 e. The van der Waals surface area contributed by atoms with Gasteiger partial charge in [-0.1, -0.05) is 24.3 Å². The zero-order valence-corrected chi connectivity index (χ0v) is 13.1. The summed E-state index contributed by atoms with van der Waals surface area (Å²) in [6.07, 6.45) is 4.17. The Kier molecular flexibility index (Phi) is 4.87. The molecule has 0 bridgehead atoms. The highest BCUT2D eigenvalue weighted by molar-refractivity contribution is 5.94. The van der Waals surface area contributed by atoms with Crippen LogP contribution >= 0.6 is 0 Å². The second-order valence-electron chi connectivity index (χ2n) is 5.49. The Morgan fingerprint density at radius 3 is 2.38 bits per heavy atom. The second kappa shape index (κ2) is 7.42. The van der Waals surface area contributed by atoms with Crippen LogP contribution in [0.25, 0.3) is 11.1 Å². The van der Waals surface area contributed by atoms with E-state index in [4.69, 9.17) is 0 Å². The van der Waals surface area contributed by atoms with E-state index in [9.17, 15) is 9.90 Å². The van der Waals surface area contributed by atoms with Crippen molar-refractivity contribution < 1.29 is 9.90 Å². The van der Waals surface area contributed by atoms with Gasteiger partial charge in [-0.2, -0.15) is 0 Å². The average Bonchev–Trinajstić information content (AvgIpc) is 2.63. The molecule has 1 heterocycles. The second-order valence-corrected chi connectivity index (χ2v) is 5.49. The topological polar surface area (TPSA) is 62.2 Å². The summed E-state index contributed by atoms with van der Waals surface area (Å²) in [5.41, 5.74) is 3.74. The number of hydrogen-bond acceptors (Lipinski definition) is 3. The highest BCUT2D eigenvalue weighted by atomic mass is 16.3. The fourth-order valence-electron chi connectivity index (χ4n) is 2.49. The van der Waals surface area contributed by atoms with Crippen LogP contribution in [0.15, 0.2) is 73.1 Å². The smallest absolute Gasteiger partial charge is 0.251 e. The molecule has 1 amide bonds. The molecule has 0 aliphatic rings. The molecule has 24 heavy (non-hydrogen) atoms. The van der Waals surface area contributed by atoms with Crippen molar-refractivity contribution in [3.05, 3.63) is 84.2 Å². The van der Waals surface area contributed by atoms with E-state index in [-0.39, 0.29) is 11.7 Å². The minimum atomic E-state index is -0.101. The lowest BCUT2D eigenvalue weighted by Crippen LogP contribution is -2.25. The van der Waals surface area contributed by atoms with E-state index in [0.717, 1.165) is 16.7 Å². The van der Waals surface area contributed by atoms with Crippen LogP contribution in [0.2, 0.25) is 0 Å². The van der Waals surface area contributed by atoms with E-state index in [2.05, 4.69) is 10.3 Å². The number of rotatable bonds is 5. The molecule has 0 atom stereocenters. The molecule has 2 aromatic carbocycles. The van der Waals surface area contributed by atoms with Crippen molar-refractivity contribution in [2.24, 2.45) is 0 Å². The first-order valence-corrected chi connectivity index (χ1v) is 7.79. The highest BCUT2D eigenvalue weighted by Gasteiger charge is 2.05. The Hall–Kier alpha value is -3.14. The summed E-state index contributed by atoms with van der Waals surface area (Å²) in [4.78, 5) is 16.2. The zero-order chi connectivity index (χ0) is 16.8. The number of benzene rings is 2. The minimum absolute atomic E-state index is 0.101. The van der Waals surface area contributed by atoms with Gasteiger partial charge in [0, 0.05) is 24.5 Å². The molecule has 0 aliphatic carbocycles. The van der Waals surface area contributed by atoms with Crippen molar-refractivity contribution in [3.63, 3.8) is 0 Å². The van der Waals surface area contributed by atoms with Crippen LogP contribution < -0.4 is 5.32 Å². The summed E-state index contributed by atoms with van der Waals surface area (Å²) < 4.78 is 0. The SMILES string of the molecule is O=C(NCCc1cccc(O)c1)c1ccc(-c2ccncc2)cc1. The van der Waals surface area contributed by atoms with Gasteiger partial charge in [-0.25, -0.2) is 0 Å². The van der Waals surface area contributed by atoms with Crippen LogP contribution in [0.3, 0.4) is 0 Å². The number of aromatic hydroxyl groups is 1. The standard InChI is InChI=1S/C20H18N2O2/c23-19-3-1-2-15(14-19)8-13-22-20(24)18-6-4-16(5-7-18)17-9-11-21-12-10-17/h1-7,9-12,14,23H,8,13H2,(H,22,24). The zero-order valence-electron chi connectivity index (χ0n) is 13.1. The number of carbonyl (C=O) groups excluding carboxylic acids is 1. The van der Waals surface area contributed by atoms with Gasteiger partial charge in [-0.3, -0.25) is 9.78 Å². The van der Waals surface area contributed by atoms with Gasteiger partial charge >= 0.3 is 0 Å². The fraction of sp³-hybridized carbons (Fsp3) is 0.100. The molecular formula is C20H18N2O2. The van der Waals surface area contributed by atoms with Gasteiger partial charge in [0.1, 0.15) is 5.75 Å².